The number of rotatable bonds is 8. The Morgan fingerprint density at radius 1 is 1.05 bits per heavy atom. The third-order valence-electron chi connectivity index (χ3n) is 8.41. The number of methoxy groups -OCH3 is 1. The van der Waals surface area contributed by atoms with Crippen LogP contribution < -0.4 is 5.32 Å². The molecule has 0 radical (unpaired) electrons. The van der Waals surface area contributed by atoms with Crippen molar-refractivity contribution in [2.24, 2.45) is 0 Å². The number of alkyl halides is 1. The number of likely N-dealkylation sites (tertiary alicyclic amines) is 1. The Morgan fingerprint density at radius 2 is 1.77 bits per heavy atom. The molecule has 2 aliphatic heterocycles. The topological polar surface area (TPSA) is 58.6 Å². The van der Waals surface area contributed by atoms with Gasteiger partial charge in [-0.15, -0.1) is 11.6 Å². The molecule has 3 aromatic carbocycles. The summed E-state index contributed by atoms with van der Waals surface area (Å²) >= 11 is 18.7. The second-order valence-electron chi connectivity index (χ2n) is 12.7. The molecule has 10 heteroatoms. The molecule has 0 saturated carbocycles. The number of ether oxygens (including phenoxy) is 1. The molecule has 5 rings (SSSR count). The molecule has 236 valence electrons. The maximum absolute atomic E-state index is 14.6. The number of hydrogen-bond donors (Lipinski definition) is 1. The Bertz CT molecular complexity index is 1520. The number of aryl methyl sites for hydroxylation is 1. The zero-order valence-corrected chi connectivity index (χ0v) is 29.1. The summed E-state index contributed by atoms with van der Waals surface area (Å²) in [4.78, 5) is 29.8. The van der Waals surface area contributed by atoms with E-state index in [0.717, 1.165) is 23.3 Å². The Balaban J connectivity index is 0.000000488. The number of anilines is 1. The summed E-state index contributed by atoms with van der Waals surface area (Å²) in [7, 11) is 0.961. The van der Waals surface area contributed by atoms with Gasteiger partial charge in [0, 0.05) is 62.3 Å². The van der Waals surface area contributed by atoms with Crippen LogP contribution in [0.25, 0.3) is 0 Å². The van der Waals surface area contributed by atoms with Gasteiger partial charge in [-0.2, -0.15) is 0 Å². The van der Waals surface area contributed by atoms with Crippen LogP contribution in [0.15, 0.2) is 60.7 Å². The molecule has 1 N–H and O–H groups in total. The molecule has 0 bridgehead atoms. The van der Waals surface area contributed by atoms with Crippen LogP contribution in [0.4, 0.5) is 10.1 Å². The second-order valence-corrected chi connectivity index (χ2v) is 19.5. The first kappa shape index (κ1) is 34.5. The third kappa shape index (κ3) is 7.18. The molecule has 0 aliphatic carbocycles. The van der Waals surface area contributed by atoms with Crippen molar-refractivity contribution in [2.45, 2.75) is 62.8 Å². The smallest absolute Gasteiger partial charge is 0.238 e. The summed E-state index contributed by atoms with van der Waals surface area (Å²) in [6.07, 6.45) is 0.596. The number of piperidine rings is 1. The number of halogens is 4. The number of nitrogens with zero attached hydrogens (tertiary/aromatic N) is 1. The molecule has 2 amide bonds. The van der Waals surface area contributed by atoms with E-state index < -0.39 is 31.3 Å². The summed E-state index contributed by atoms with van der Waals surface area (Å²) in [5.74, 6) is -1.07. The van der Waals surface area contributed by atoms with Crippen LogP contribution in [-0.4, -0.2) is 50.9 Å². The van der Waals surface area contributed by atoms with Crippen molar-refractivity contribution in [1.82, 2.24) is 4.90 Å². The lowest BCUT2D eigenvalue weighted by Crippen LogP contribution is -2.58. The standard InChI is InChI=1S/C28H24Cl3FN2O2.C6H16OSi/c1-16-6-8-20(32)14-21(16)23-15-25(35)34(11-3-10-29)26(17-4-2-5-18(30)12-17)28(23)22-9-7-19(31)13-24(22)33-27(28)36;1-7-5-6-8(2,3)4/h2,4-9,12-14,23,26H,3,10-11,15H2,1H3,(H,33,36);5-6H2,1-4H3/t23-,26+,28-;/m1./s1. The molecule has 5 nitrogen and oxygen atoms in total. The lowest BCUT2D eigenvalue weighted by molar-refractivity contribution is -0.145. The number of carbonyl (C=O) groups is 2. The number of benzene rings is 3. The van der Waals surface area contributed by atoms with E-state index in [1.165, 1.54) is 18.2 Å². The van der Waals surface area contributed by atoms with Crippen molar-refractivity contribution in [3.8, 4) is 0 Å². The first-order valence-electron chi connectivity index (χ1n) is 14.8. The van der Waals surface area contributed by atoms with Gasteiger partial charge in [0.05, 0.1) is 6.04 Å². The minimum atomic E-state index is -1.25. The summed E-state index contributed by atoms with van der Waals surface area (Å²) in [6, 6.07) is 17.6. The van der Waals surface area contributed by atoms with Gasteiger partial charge in [-0.3, -0.25) is 9.59 Å². The first-order chi connectivity index (χ1) is 20.8. The average Bonchev–Trinajstić information content (AvgIpc) is 3.24. The Hall–Kier alpha value is -2.42. The van der Waals surface area contributed by atoms with Crippen LogP contribution in [-0.2, 0) is 19.7 Å². The third-order valence-corrected chi connectivity index (χ3v) is 10.9. The quantitative estimate of drug-likeness (QED) is 0.191. The summed E-state index contributed by atoms with van der Waals surface area (Å²) in [6.45, 7) is 10.2. The average molecular weight is 678 g/mol. The molecule has 1 saturated heterocycles. The van der Waals surface area contributed by atoms with Gasteiger partial charge in [0.1, 0.15) is 11.2 Å². The van der Waals surface area contributed by atoms with Crippen LogP contribution >= 0.6 is 34.8 Å². The Labute approximate surface area is 276 Å². The van der Waals surface area contributed by atoms with E-state index in [-0.39, 0.29) is 18.2 Å². The zero-order valence-electron chi connectivity index (χ0n) is 25.9. The van der Waals surface area contributed by atoms with Gasteiger partial charge < -0.3 is 15.0 Å². The van der Waals surface area contributed by atoms with Gasteiger partial charge in [0.2, 0.25) is 11.8 Å². The van der Waals surface area contributed by atoms with E-state index >= 15 is 0 Å². The Kier molecular flexibility index (Phi) is 11.2. The molecule has 1 fully saturated rings. The summed E-state index contributed by atoms with van der Waals surface area (Å²) in [5.41, 5.74) is 2.23. The molecule has 2 aliphatic rings. The van der Waals surface area contributed by atoms with Crippen LogP contribution in [0.3, 0.4) is 0 Å². The molecular weight excluding hydrogens is 638 g/mol. The van der Waals surface area contributed by atoms with Crippen LogP contribution in [0, 0.1) is 12.7 Å². The van der Waals surface area contributed by atoms with E-state index in [9.17, 15) is 14.0 Å². The monoisotopic (exact) mass is 676 g/mol. The van der Waals surface area contributed by atoms with Gasteiger partial charge in [0.15, 0.2) is 0 Å². The predicted octanol–water partition coefficient (Wildman–Crippen LogP) is 8.99. The van der Waals surface area contributed by atoms with Crippen LogP contribution in [0.2, 0.25) is 35.7 Å². The molecular formula is C34H40Cl3FN2O3Si. The summed E-state index contributed by atoms with van der Waals surface area (Å²) < 4.78 is 19.5. The molecule has 0 unspecified atom stereocenters. The van der Waals surface area contributed by atoms with Crippen molar-refractivity contribution < 1.29 is 18.7 Å². The van der Waals surface area contributed by atoms with E-state index in [2.05, 4.69) is 25.0 Å². The molecule has 1 spiro atoms. The molecule has 2 heterocycles. The highest BCUT2D eigenvalue weighted by Gasteiger charge is 2.63. The van der Waals surface area contributed by atoms with Crippen molar-refractivity contribution in [3.63, 3.8) is 0 Å². The minimum Gasteiger partial charge on any atom is -0.385 e. The number of fused-ring (bicyclic) bond motifs is 2. The van der Waals surface area contributed by atoms with E-state index in [1.807, 2.05) is 25.1 Å². The lowest BCUT2D eigenvalue weighted by atomic mass is 9.58. The van der Waals surface area contributed by atoms with Gasteiger partial charge in [-0.05, 0) is 78.0 Å². The van der Waals surface area contributed by atoms with E-state index in [1.54, 1.807) is 42.3 Å². The first-order valence-corrected chi connectivity index (χ1v) is 19.8. The highest BCUT2D eigenvalue weighted by atomic mass is 35.5. The van der Waals surface area contributed by atoms with E-state index in [0.29, 0.717) is 40.1 Å². The number of carbonyl (C=O) groups excluding carboxylic acids is 2. The number of hydrogen-bond acceptors (Lipinski definition) is 3. The van der Waals surface area contributed by atoms with Gasteiger partial charge in [-0.25, -0.2) is 4.39 Å². The maximum Gasteiger partial charge on any atom is 0.238 e. The lowest BCUT2D eigenvalue weighted by Gasteiger charge is -2.52. The van der Waals surface area contributed by atoms with Crippen LogP contribution in [0.5, 0.6) is 0 Å². The van der Waals surface area contributed by atoms with Crippen molar-refractivity contribution in [3.05, 3.63) is 98.8 Å². The molecule has 3 atom stereocenters. The minimum absolute atomic E-state index is 0.0408. The fourth-order valence-corrected chi connectivity index (χ4v) is 7.64. The van der Waals surface area contributed by atoms with Crippen molar-refractivity contribution >= 4 is 60.4 Å². The fraction of sp³-hybridized carbons (Fsp3) is 0.412. The molecule has 0 aromatic heterocycles. The van der Waals surface area contributed by atoms with Crippen LogP contribution in [0.1, 0.15) is 47.1 Å². The van der Waals surface area contributed by atoms with Gasteiger partial charge >= 0.3 is 0 Å². The molecule has 44 heavy (non-hydrogen) atoms. The highest BCUT2D eigenvalue weighted by molar-refractivity contribution is 6.76. The highest BCUT2D eigenvalue weighted by Crippen LogP contribution is 2.60. The second kappa shape index (κ2) is 14.3. The normalized spacial score (nSPS) is 21.2. The van der Waals surface area contributed by atoms with E-state index in [4.69, 9.17) is 39.5 Å². The largest absolute Gasteiger partial charge is 0.385 e. The fourth-order valence-electron chi connectivity index (χ4n) is 6.33. The molecule has 3 aromatic rings. The SMILES string of the molecule is COCC[Si](C)(C)C.Cc1ccc(F)cc1[C@H]1CC(=O)N(CCCCl)[C@@H](c2cccc(Cl)c2)[C@]12C(=O)Nc1cc(Cl)ccc12. The van der Waals surface area contributed by atoms with Crippen molar-refractivity contribution in [2.75, 3.05) is 31.5 Å². The Morgan fingerprint density at radius 3 is 2.41 bits per heavy atom. The zero-order chi connectivity index (χ0) is 32.2. The number of amides is 2. The predicted molar refractivity (Wildman–Crippen MR) is 182 cm³/mol. The van der Waals surface area contributed by atoms with Gasteiger partial charge in [-0.1, -0.05) is 67.1 Å². The number of nitrogens with one attached hydrogen (secondary N) is 1. The van der Waals surface area contributed by atoms with Crippen molar-refractivity contribution in [1.29, 1.82) is 0 Å². The van der Waals surface area contributed by atoms with Gasteiger partial charge in [0.25, 0.3) is 0 Å². The summed E-state index contributed by atoms with van der Waals surface area (Å²) in [5, 5.41) is 4.00. The maximum atomic E-state index is 14.6.